The van der Waals surface area contributed by atoms with Gasteiger partial charge in [-0.05, 0) is 24.8 Å². The Balaban J connectivity index is 1.81. The van der Waals surface area contributed by atoms with Crippen LogP contribution in [-0.4, -0.2) is 41.3 Å². The topological polar surface area (TPSA) is 49.8 Å². The molecule has 3 rings (SSSR count). The summed E-state index contributed by atoms with van der Waals surface area (Å²) in [4.78, 5) is 14.2. The monoisotopic (exact) mass is 275 g/mol. The zero-order valence-electron chi connectivity index (χ0n) is 11.7. The highest BCUT2D eigenvalue weighted by molar-refractivity contribution is 5.73. The quantitative estimate of drug-likeness (QED) is 0.851. The van der Waals surface area contributed by atoms with Gasteiger partial charge in [-0.1, -0.05) is 30.3 Å². The van der Waals surface area contributed by atoms with Gasteiger partial charge in [0.15, 0.2) is 0 Å². The van der Waals surface area contributed by atoms with Gasteiger partial charge in [-0.3, -0.25) is 9.69 Å². The number of fused-ring (bicyclic) bond motifs is 2. The Morgan fingerprint density at radius 3 is 2.75 bits per heavy atom. The second-order valence-electron chi connectivity index (χ2n) is 5.80. The third kappa shape index (κ3) is 2.34. The van der Waals surface area contributed by atoms with Crippen LogP contribution in [0.5, 0.6) is 0 Å². The van der Waals surface area contributed by atoms with Gasteiger partial charge >= 0.3 is 5.97 Å². The second-order valence-corrected chi connectivity index (χ2v) is 5.80. The fraction of sp³-hybridized carbons (Fsp3) is 0.562. The summed E-state index contributed by atoms with van der Waals surface area (Å²) in [5, 5.41) is 10.2. The van der Waals surface area contributed by atoms with Crippen LogP contribution in [0.3, 0.4) is 0 Å². The number of esters is 1. The molecule has 2 aliphatic heterocycles. The molecule has 2 heterocycles. The predicted molar refractivity (Wildman–Crippen MR) is 74.9 cm³/mol. The van der Waals surface area contributed by atoms with Crippen molar-refractivity contribution < 1.29 is 14.6 Å². The van der Waals surface area contributed by atoms with Crippen LogP contribution in [0.4, 0.5) is 0 Å². The summed E-state index contributed by atoms with van der Waals surface area (Å²) in [6.45, 7) is 0.792. The molecule has 0 saturated carbocycles. The number of carbonyl (C=O) groups excluding carboxylic acids is 1. The van der Waals surface area contributed by atoms with E-state index in [9.17, 15) is 9.90 Å². The van der Waals surface area contributed by atoms with Crippen molar-refractivity contribution in [3.63, 3.8) is 0 Å². The molecule has 1 aromatic carbocycles. The van der Waals surface area contributed by atoms with Gasteiger partial charge in [0.05, 0.1) is 19.1 Å². The molecule has 1 N–H and O–H groups in total. The Morgan fingerprint density at radius 2 is 2.05 bits per heavy atom. The molecule has 20 heavy (non-hydrogen) atoms. The molecule has 108 valence electrons. The van der Waals surface area contributed by atoms with Gasteiger partial charge in [0.2, 0.25) is 0 Å². The standard InChI is InChI=1S/C16H21NO3/c1-20-16(19)12-9-14-15(18)8-7-13(12)17(14)10-11-5-3-2-4-6-11/h2-6,12-15,18H,7-10H2,1H3/t12-,13+,14+,15-/m0/s1. The highest BCUT2D eigenvalue weighted by Crippen LogP contribution is 2.41. The number of aliphatic hydroxyl groups is 1. The van der Waals surface area contributed by atoms with E-state index < -0.39 is 0 Å². The summed E-state index contributed by atoms with van der Waals surface area (Å²) in [7, 11) is 1.45. The summed E-state index contributed by atoms with van der Waals surface area (Å²) in [6.07, 6.45) is 2.04. The lowest BCUT2D eigenvalue weighted by atomic mass is 9.96. The Hall–Kier alpha value is -1.39. The third-order valence-electron chi connectivity index (χ3n) is 4.73. The van der Waals surface area contributed by atoms with Gasteiger partial charge in [-0.2, -0.15) is 0 Å². The van der Waals surface area contributed by atoms with Gasteiger partial charge in [0.25, 0.3) is 0 Å². The average Bonchev–Trinajstić information content (AvgIpc) is 2.73. The van der Waals surface area contributed by atoms with Crippen LogP contribution in [0.15, 0.2) is 30.3 Å². The van der Waals surface area contributed by atoms with E-state index in [1.54, 1.807) is 0 Å². The largest absolute Gasteiger partial charge is 0.469 e. The number of hydrogen-bond acceptors (Lipinski definition) is 4. The number of nitrogens with zero attached hydrogens (tertiary/aromatic N) is 1. The van der Waals surface area contributed by atoms with Crippen molar-refractivity contribution in [2.75, 3.05) is 7.11 Å². The molecule has 0 unspecified atom stereocenters. The first-order valence-corrected chi connectivity index (χ1v) is 7.26. The molecule has 0 amide bonds. The lowest BCUT2D eigenvalue weighted by Crippen LogP contribution is -2.47. The van der Waals surface area contributed by atoms with Gasteiger partial charge in [-0.15, -0.1) is 0 Å². The molecule has 4 nitrogen and oxygen atoms in total. The van der Waals surface area contributed by atoms with E-state index in [1.165, 1.54) is 12.7 Å². The Morgan fingerprint density at radius 1 is 1.30 bits per heavy atom. The zero-order chi connectivity index (χ0) is 14.1. The lowest BCUT2D eigenvalue weighted by Gasteiger charge is -2.38. The normalized spacial score (nSPS) is 33.1. The molecule has 2 bridgehead atoms. The van der Waals surface area contributed by atoms with E-state index in [0.29, 0.717) is 6.42 Å². The van der Waals surface area contributed by atoms with E-state index in [4.69, 9.17) is 4.74 Å². The number of rotatable bonds is 3. The van der Waals surface area contributed by atoms with Gasteiger partial charge in [0, 0.05) is 18.6 Å². The Bertz CT molecular complexity index is 476. The molecule has 0 aromatic heterocycles. The highest BCUT2D eigenvalue weighted by atomic mass is 16.5. The van der Waals surface area contributed by atoms with Crippen molar-refractivity contribution >= 4 is 5.97 Å². The van der Waals surface area contributed by atoms with Crippen molar-refractivity contribution in [3.8, 4) is 0 Å². The predicted octanol–water partition coefficient (Wildman–Crippen LogP) is 1.57. The first kappa shape index (κ1) is 13.6. The molecule has 2 saturated heterocycles. The zero-order valence-corrected chi connectivity index (χ0v) is 11.7. The number of aliphatic hydroxyl groups excluding tert-OH is 1. The summed E-state index contributed by atoms with van der Waals surface area (Å²) in [6, 6.07) is 10.5. The molecule has 1 aromatic rings. The third-order valence-corrected chi connectivity index (χ3v) is 4.73. The van der Waals surface area contributed by atoms with Gasteiger partial charge in [-0.25, -0.2) is 0 Å². The van der Waals surface area contributed by atoms with E-state index in [-0.39, 0.29) is 30.1 Å². The fourth-order valence-electron chi connectivity index (χ4n) is 3.74. The maximum absolute atomic E-state index is 11.9. The second kappa shape index (κ2) is 5.54. The number of benzene rings is 1. The minimum absolute atomic E-state index is 0.0815. The Kier molecular flexibility index (Phi) is 3.76. The van der Waals surface area contributed by atoms with Crippen LogP contribution in [0.2, 0.25) is 0 Å². The van der Waals surface area contributed by atoms with Crippen LogP contribution in [0, 0.1) is 5.92 Å². The summed E-state index contributed by atoms with van der Waals surface area (Å²) < 4.78 is 4.93. The molecule has 2 aliphatic rings. The van der Waals surface area contributed by atoms with Crippen molar-refractivity contribution in [2.45, 2.75) is 44.0 Å². The molecule has 0 aliphatic carbocycles. The number of piperidine rings is 1. The van der Waals surface area contributed by atoms with Crippen LogP contribution >= 0.6 is 0 Å². The van der Waals surface area contributed by atoms with Crippen molar-refractivity contribution in [2.24, 2.45) is 5.92 Å². The molecular weight excluding hydrogens is 254 g/mol. The highest BCUT2D eigenvalue weighted by Gasteiger charge is 2.50. The first-order valence-electron chi connectivity index (χ1n) is 7.26. The first-order chi connectivity index (χ1) is 9.70. The van der Waals surface area contributed by atoms with Crippen molar-refractivity contribution in [1.29, 1.82) is 0 Å². The molecule has 4 atom stereocenters. The average molecular weight is 275 g/mol. The SMILES string of the molecule is COC(=O)[C@H]1C[C@@H]2[C@@H](O)CC[C@H]1N2Cc1ccccc1. The number of ether oxygens (including phenoxy) is 1. The van der Waals surface area contributed by atoms with E-state index in [0.717, 1.165) is 19.4 Å². The van der Waals surface area contributed by atoms with Crippen LogP contribution < -0.4 is 0 Å². The van der Waals surface area contributed by atoms with E-state index in [1.807, 2.05) is 18.2 Å². The number of carbonyl (C=O) groups is 1. The Labute approximate surface area is 119 Å². The van der Waals surface area contributed by atoms with Crippen LogP contribution in [0.25, 0.3) is 0 Å². The molecular formula is C16H21NO3. The molecule has 4 heteroatoms. The summed E-state index contributed by atoms with van der Waals surface area (Å²) >= 11 is 0. The molecule has 2 fully saturated rings. The smallest absolute Gasteiger partial charge is 0.310 e. The summed E-state index contributed by atoms with van der Waals surface area (Å²) in [5.41, 5.74) is 1.22. The van der Waals surface area contributed by atoms with Gasteiger partial charge in [0.1, 0.15) is 0 Å². The van der Waals surface area contributed by atoms with Crippen molar-refractivity contribution in [1.82, 2.24) is 4.90 Å². The van der Waals surface area contributed by atoms with Crippen molar-refractivity contribution in [3.05, 3.63) is 35.9 Å². The maximum Gasteiger partial charge on any atom is 0.310 e. The van der Waals surface area contributed by atoms with Gasteiger partial charge < -0.3 is 9.84 Å². The van der Waals surface area contributed by atoms with E-state index >= 15 is 0 Å². The minimum atomic E-state index is -0.329. The maximum atomic E-state index is 11.9. The number of hydrogen-bond donors (Lipinski definition) is 1. The lowest BCUT2D eigenvalue weighted by molar-refractivity contribution is -0.146. The number of methoxy groups -OCH3 is 1. The summed E-state index contributed by atoms with van der Waals surface area (Å²) in [5.74, 6) is -0.226. The van der Waals surface area contributed by atoms with E-state index in [2.05, 4.69) is 17.0 Å². The molecule has 0 radical (unpaired) electrons. The molecule has 0 spiro atoms. The fourth-order valence-corrected chi connectivity index (χ4v) is 3.74. The van der Waals surface area contributed by atoms with Crippen LogP contribution in [0.1, 0.15) is 24.8 Å². The minimum Gasteiger partial charge on any atom is -0.469 e. The van der Waals surface area contributed by atoms with Crippen LogP contribution in [-0.2, 0) is 16.1 Å².